The van der Waals surface area contributed by atoms with Crippen LogP contribution < -0.4 is 0 Å². The summed E-state index contributed by atoms with van der Waals surface area (Å²) in [5, 5.41) is 0. The van der Waals surface area contributed by atoms with E-state index in [0.29, 0.717) is 5.41 Å². The molecule has 0 heterocycles. The minimum Gasteiger partial charge on any atom is -0.0701 e. The molecule has 2 bridgehead atoms. The van der Waals surface area contributed by atoms with Gasteiger partial charge in [-0.3, -0.25) is 0 Å². The molecule has 3 aliphatic rings. The third kappa shape index (κ3) is 0.739. The zero-order chi connectivity index (χ0) is 8.34. The molecule has 3 aliphatic carbocycles. The summed E-state index contributed by atoms with van der Waals surface area (Å²) in [6, 6.07) is 0. The summed E-state index contributed by atoms with van der Waals surface area (Å²) in [6.45, 7) is 4.98. The largest absolute Gasteiger partial charge is 0.0701 e. The molecule has 0 aromatic carbocycles. The van der Waals surface area contributed by atoms with Gasteiger partial charge in [-0.25, -0.2) is 0 Å². The quantitative estimate of drug-likeness (QED) is 0.478. The van der Waals surface area contributed by atoms with Crippen molar-refractivity contribution < 1.29 is 0 Å². The van der Waals surface area contributed by atoms with Crippen molar-refractivity contribution in [1.29, 1.82) is 0 Å². The Bertz CT molecular complexity index is 251. The maximum Gasteiger partial charge on any atom is -0.0146 e. The van der Waals surface area contributed by atoms with E-state index in [9.17, 15) is 0 Å². The first kappa shape index (κ1) is 7.17. The van der Waals surface area contributed by atoms with E-state index in [2.05, 4.69) is 13.8 Å². The fourth-order valence-corrected chi connectivity index (χ4v) is 3.57. The van der Waals surface area contributed by atoms with Gasteiger partial charge >= 0.3 is 0 Å². The molecule has 2 atom stereocenters. The van der Waals surface area contributed by atoms with Gasteiger partial charge < -0.3 is 0 Å². The van der Waals surface area contributed by atoms with Gasteiger partial charge in [-0.2, -0.15) is 0 Å². The van der Waals surface area contributed by atoms with Crippen LogP contribution in [0.15, 0.2) is 11.1 Å². The normalized spacial score (nSPS) is 42.5. The predicted molar refractivity (Wildman–Crippen MR) is 50.9 cm³/mol. The van der Waals surface area contributed by atoms with E-state index in [4.69, 9.17) is 0 Å². The molecule has 0 aromatic heterocycles. The Kier molecular flexibility index (Phi) is 1.18. The highest BCUT2D eigenvalue weighted by Crippen LogP contribution is 2.62. The third-order valence-electron chi connectivity index (χ3n) is 4.60. The lowest BCUT2D eigenvalue weighted by atomic mass is 9.81. The smallest absolute Gasteiger partial charge is 0.0146 e. The van der Waals surface area contributed by atoms with E-state index in [-0.39, 0.29) is 0 Å². The van der Waals surface area contributed by atoms with Gasteiger partial charge in [-0.15, -0.1) is 0 Å². The molecule has 0 saturated heterocycles. The van der Waals surface area contributed by atoms with Gasteiger partial charge in [0.1, 0.15) is 0 Å². The van der Waals surface area contributed by atoms with Crippen LogP contribution >= 0.6 is 0 Å². The first-order valence-electron chi connectivity index (χ1n) is 5.40. The van der Waals surface area contributed by atoms with Gasteiger partial charge in [0.05, 0.1) is 0 Å². The van der Waals surface area contributed by atoms with Crippen LogP contribution in [-0.4, -0.2) is 0 Å². The molecule has 3 rings (SSSR count). The first-order valence-corrected chi connectivity index (χ1v) is 5.40. The van der Waals surface area contributed by atoms with Gasteiger partial charge in [0, 0.05) is 0 Å². The molecule has 0 aromatic rings. The van der Waals surface area contributed by atoms with Crippen molar-refractivity contribution >= 4 is 0 Å². The van der Waals surface area contributed by atoms with E-state index in [0.717, 1.165) is 11.8 Å². The van der Waals surface area contributed by atoms with Crippen LogP contribution in [0.25, 0.3) is 0 Å². The standard InChI is InChI=1S/C12H18/c1-12(2)9-5-6-11(12)10(7-9)8-3-4-8/h9,11H,3-7H2,1-2H3. The van der Waals surface area contributed by atoms with Crippen LogP contribution in [0.5, 0.6) is 0 Å². The van der Waals surface area contributed by atoms with Crippen molar-refractivity contribution in [2.24, 2.45) is 17.3 Å². The Hall–Kier alpha value is -0.260. The zero-order valence-electron chi connectivity index (χ0n) is 8.19. The zero-order valence-corrected chi connectivity index (χ0v) is 8.19. The Balaban J connectivity index is 2.02. The Morgan fingerprint density at radius 2 is 1.92 bits per heavy atom. The van der Waals surface area contributed by atoms with Crippen molar-refractivity contribution in [1.82, 2.24) is 0 Å². The monoisotopic (exact) mass is 162 g/mol. The minimum atomic E-state index is 0.658. The lowest BCUT2D eigenvalue weighted by molar-refractivity contribution is 0.267. The maximum absolute atomic E-state index is 2.49. The van der Waals surface area contributed by atoms with Gasteiger partial charge in [-0.1, -0.05) is 25.0 Å². The summed E-state index contributed by atoms with van der Waals surface area (Å²) < 4.78 is 0. The van der Waals surface area contributed by atoms with E-state index in [1.54, 1.807) is 0 Å². The average molecular weight is 162 g/mol. The van der Waals surface area contributed by atoms with E-state index < -0.39 is 0 Å². The molecule has 0 spiro atoms. The topological polar surface area (TPSA) is 0 Å². The second-order valence-electron chi connectivity index (χ2n) is 5.48. The van der Waals surface area contributed by atoms with Crippen LogP contribution in [0.3, 0.4) is 0 Å². The lowest BCUT2D eigenvalue weighted by Gasteiger charge is -2.23. The Labute approximate surface area is 75.0 Å². The number of hydrogen-bond donors (Lipinski definition) is 0. The summed E-state index contributed by atoms with van der Waals surface area (Å²) in [5.74, 6) is 2.02. The molecule has 2 unspecified atom stereocenters. The number of allylic oxidation sites excluding steroid dienone is 2. The number of hydrogen-bond acceptors (Lipinski definition) is 0. The highest BCUT2D eigenvalue weighted by molar-refractivity contribution is 5.34. The molecule has 0 heteroatoms. The molecule has 0 nitrogen and oxygen atoms in total. The Morgan fingerprint density at radius 1 is 1.17 bits per heavy atom. The van der Waals surface area contributed by atoms with Crippen LogP contribution in [0.4, 0.5) is 0 Å². The molecule has 0 aliphatic heterocycles. The molecule has 3 fully saturated rings. The summed E-state index contributed by atoms with van der Waals surface area (Å²) in [6.07, 6.45) is 7.35. The lowest BCUT2D eigenvalue weighted by Crippen LogP contribution is -2.16. The molecule has 0 amide bonds. The highest BCUT2D eigenvalue weighted by Gasteiger charge is 2.51. The third-order valence-corrected chi connectivity index (χ3v) is 4.60. The fraction of sp³-hybridized carbons (Fsp3) is 0.833. The van der Waals surface area contributed by atoms with E-state index in [1.165, 1.54) is 32.1 Å². The molecular formula is C12H18. The van der Waals surface area contributed by atoms with Crippen molar-refractivity contribution in [3.05, 3.63) is 11.1 Å². The van der Waals surface area contributed by atoms with Gasteiger partial charge in [0.2, 0.25) is 0 Å². The van der Waals surface area contributed by atoms with E-state index in [1.807, 2.05) is 11.1 Å². The number of fused-ring (bicyclic) bond motifs is 2. The Morgan fingerprint density at radius 3 is 2.33 bits per heavy atom. The van der Waals surface area contributed by atoms with Crippen molar-refractivity contribution in [3.63, 3.8) is 0 Å². The second kappa shape index (κ2) is 1.97. The van der Waals surface area contributed by atoms with Crippen LogP contribution in [0, 0.1) is 17.3 Å². The maximum atomic E-state index is 2.49. The van der Waals surface area contributed by atoms with Gasteiger partial charge in [-0.05, 0) is 49.4 Å². The molecule has 0 radical (unpaired) electrons. The molecule has 12 heavy (non-hydrogen) atoms. The second-order valence-corrected chi connectivity index (χ2v) is 5.48. The minimum absolute atomic E-state index is 0.658. The summed E-state index contributed by atoms with van der Waals surface area (Å²) in [4.78, 5) is 0. The van der Waals surface area contributed by atoms with Crippen LogP contribution in [-0.2, 0) is 0 Å². The van der Waals surface area contributed by atoms with Crippen molar-refractivity contribution in [2.45, 2.75) is 46.0 Å². The van der Waals surface area contributed by atoms with Gasteiger partial charge in [0.25, 0.3) is 0 Å². The van der Waals surface area contributed by atoms with E-state index >= 15 is 0 Å². The first-order chi connectivity index (χ1) is 5.69. The van der Waals surface area contributed by atoms with Crippen LogP contribution in [0.2, 0.25) is 0 Å². The van der Waals surface area contributed by atoms with Gasteiger partial charge in [0.15, 0.2) is 0 Å². The highest BCUT2D eigenvalue weighted by atomic mass is 14.6. The average Bonchev–Trinajstić information content (AvgIpc) is 2.79. The molecular weight excluding hydrogens is 144 g/mol. The summed E-state index contributed by atoms with van der Waals surface area (Å²) in [7, 11) is 0. The summed E-state index contributed by atoms with van der Waals surface area (Å²) >= 11 is 0. The van der Waals surface area contributed by atoms with Crippen LogP contribution in [0.1, 0.15) is 46.0 Å². The predicted octanol–water partition coefficient (Wildman–Crippen LogP) is 3.53. The fourth-order valence-electron chi connectivity index (χ4n) is 3.57. The molecule has 3 saturated carbocycles. The number of rotatable bonds is 0. The SMILES string of the molecule is CC1(C)C2CCC1C(=C1CC1)C2. The molecule has 0 N–H and O–H groups in total. The summed E-state index contributed by atoms with van der Waals surface area (Å²) in [5.41, 5.74) is 4.40. The van der Waals surface area contributed by atoms with Crippen molar-refractivity contribution in [2.75, 3.05) is 0 Å². The van der Waals surface area contributed by atoms with Crippen molar-refractivity contribution in [3.8, 4) is 0 Å². The molecule has 66 valence electrons.